The number of anilines is 2. The minimum Gasteiger partial charge on any atom is -0.508 e. The van der Waals surface area contributed by atoms with Gasteiger partial charge in [-0.2, -0.15) is 0 Å². The van der Waals surface area contributed by atoms with E-state index in [4.69, 9.17) is 4.74 Å². The number of hydrogen-bond donors (Lipinski definition) is 1. The number of amides is 4. The Hall–Kier alpha value is -4.72. The van der Waals surface area contributed by atoms with Crippen LogP contribution in [-0.4, -0.2) is 35.8 Å². The van der Waals surface area contributed by atoms with E-state index < -0.39 is 35.0 Å². The molecule has 0 aromatic heterocycles. The smallest absolute Gasteiger partial charge is 0.241 e. The van der Waals surface area contributed by atoms with Crippen LogP contribution in [0.3, 0.4) is 0 Å². The number of phenols is 1. The van der Waals surface area contributed by atoms with Crippen LogP contribution in [0.25, 0.3) is 0 Å². The van der Waals surface area contributed by atoms with E-state index in [1.807, 2.05) is 50.3 Å². The number of rotatable bonds is 5. The van der Waals surface area contributed by atoms with Crippen LogP contribution in [0.1, 0.15) is 43.7 Å². The van der Waals surface area contributed by atoms with Gasteiger partial charge in [-0.25, -0.2) is 4.90 Å². The molecule has 2 aliphatic heterocycles. The van der Waals surface area contributed by atoms with E-state index in [2.05, 4.69) is 0 Å². The number of benzene rings is 3. The molecule has 224 valence electrons. The summed E-state index contributed by atoms with van der Waals surface area (Å²) in [4.78, 5) is 59.2. The van der Waals surface area contributed by atoms with Gasteiger partial charge in [-0.1, -0.05) is 55.0 Å². The normalized spacial score (nSPS) is 29.3. The molecule has 7 rings (SSSR count). The minimum absolute atomic E-state index is 0.0529. The highest BCUT2D eigenvalue weighted by Gasteiger charge is 2.68. The Balaban J connectivity index is 1.36. The molecule has 0 radical (unpaired) electrons. The van der Waals surface area contributed by atoms with Crippen molar-refractivity contribution in [1.82, 2.24) is 0 Å². The number of hydrogen-bond acceptors (Lipinski definition) is 6. The van der Waals surface area contributed by atoms with Gasteiger partial charge in [0.2, 0.25) is 23.6 Å². The summed E-state index contributed by atoms with van der Waals surface area (Å²) in [7, 11) is 1.51. The first kappa shape index (κ1) is 28.1. The maximum atomic E-state index is 14.4. The summed E-state index contributed by atoms with van der Waals surface area (Å²) in [6, 6.07) is 21.3. The monoisotopic (exact) mass is 590 g/mol. The van der Waals surface area contributed by atoms with E-state index in [1.54, 1.807) is 36.4 Å². The van der Waals surface area contributed by atoms with E-state index in [1.165, 1.54) is 23.0 Å². The van der Waals surface area contributed by atoms with Gasteiger partial charge in [-0.3, -0.25) is 24.1 Å². The molecule has 2 aliphatic carbocycles. The summed E-state index contributed by atoms with van der Waals surface area (Å²) in [5, 5.41) is 11.3. The number of imide groups is 2. The zero-order valence-corrected chi connectivity index (χ0v) is 24.9. The van der Waals surface area contributed by atoms with Gasteiger partial charge in [0.1, 0.15) is 11.5 Å². The highest BCUT2D eigenvalue weighted by molar-refractivity contribution is 6.25. The average Bonchev–Trinajstić information content (AvgIpc) is 3.41. The quantitative estimate of drug-likeness (QED) is 0.315. The van der Waals surface area contributed by atoms with Crippen LogP contribution in [0.4, 0.5) is 11.4 Å². The SMILES string of the molecule is CCc1ccc(N2C(=O)C3CC=C4C(CC5C(=O)N(c6ccccc6)C(=O)C5(C)C4c4ccc(OC)cc4O)C3C2=O)cc1. The summed E-state index contributed by atoms with van der Waals surface area (Å²) < 4.78 is 5.33. The Morgan fingerprint density at radius 3 is 2.23 bits per heavy atom. The maximum Gasteiger partial charge on any atom is 0.241 e. The lowest BCUT2D eigenvalue weighted by molar-refractivity contribution is -0.131. The summed E-state index contributed by atoms with van der Waals surface area (Å²) in [6.07, 6.45) is 3.42. The second kappa shape index (κ2) is 10.2. The summed E-state index contributed by atoms with van der Waals surface area (Å²) >= 11 is 0. The van der Waals surface area contributed by atoms with E-state index in [9.17, 15) is 24.3 Å². The van der Waals surface area contributed by atoms with Crippen molar-refractivity contribution in [2.24, 2.45) is 29.1 Å². The van der Waals surface area contributed by atoms with Crippen LogP contribution in [-0.2, 0) is 25.6 Å². The Morgan fingerprint density at radius 2 is 1.57 bits per heavy atom. The number of phenolic OH excluding ortho intramolecular Hbond substituents is 1. The van der Waals surface area contributed by atoms with Crippen molar-refractivity contribution in [3.63, 3.8) is 0 Å². The van der Waals surface area contributed by atoms with Crippen molar-refractivity contribution < 1.29 is 29.0 Å². The summed E-state index contributed by atoms with van der Waals surface area (Å²) in [5.74, 6) is -3.92. The summed E-state index contributed by atoms with van der Waals surface area (Å²) in [6.45, 7) is 3.85. The molecule has 6 unspecified atom stereocenters. The predicted molar refractivity (Wildman–Crippen MR) is 164 cm³/mol. The van der Waals surface area contributed by atoms with Crippen molar-refractivity contribution >= 4 is 35.0 Å². The molecule has 8 nitrogen and oxygen atoms in total. The zero-order chi connectivity index (χ0) is 30.9. The van der Waals surface area contributed by atoms with E-state index in [-0.39, 0.29) is 35.8 Å². The van der Waals surface area contributed by atoms with Gasteiger partial charge in [0.25, 0.3) is 0 Å². The third-order valence-corrected chi connectivity index (χ3v) is 10.4. The lowest BCUT2D eigenvalue weighted by atomic mass is 9.51. The Morgan fingerprint density at radius 1 is 0.864 bits per heavy atom. The number of para-hydroxylation sites is 1. The van der Waals surface area contributed by atoms with Gasteiger partial charge in [0.15, 0.2) is 0 Å². The van der Waals surface area contributed by atoms with E-state index in [0.29, 0.717) is 29.1 Å². The minimum atomic E-state index is -1.23. The van der Waals surface area contributed by atoms with Crippen LogP contribution >= 0.6 is 0 Å². The number of carbonyl (C=O) groups excluding carboxylic acids is 4. The van der Waals surface area contributed by atoms with Crippen LogP contribution in [0.5, 0.6) is 11.5 Å². The average molecular weight is 591 g/mol. The highest BCUT2D eigenvalue weighted by atomic mass is 16.5. The van der Waals surface area contributed by atoms with Crippen molar-refractivity contribution in [2.75, 3.05) is 16.9 Å². The third-order valence-electron chi connectivity index (χ3n) is 10.4. The maximum absolute atomic E-state index is 14.4. The molecule has 0 spiro atoms. The Bertz CT molecular complexity index is 1730. The molecule has 3 aromatic rings. The lowest BCUT2D eigenvalue weighted by Crippen LogP contribution is -2.48. The van der Waals surface area contributed by atoms with Crippen LogP contribution in [0.2, 0.25) is 0 Å². The number of methoxy groups -OCH3 is 1. The number of ether oxygens (including phenoxy) is 1. The molecule has 3 fully saturated rings. The molecular weight excluding hydrogens is 556 g/mol. The van der Waals surface area contributed by atoms with Crippen molar-refractivity contribution in [1.29, 1.82) is 0 Å². The Labute approximate surface area is 255 Å². The van der Waals surface area contributed by atoms with E-state index in [0.717, 1.165) is 17.6 Å². The van der Waals surface area contributed by atoms with Crippen LogP contribution in [0, 0.1) is 29.1 Å². The van der Waals surface area contributed by atoms with Gasteiger partial charge in [0.05, 0.1) is 41.7 Å². The molecule has 3 aromatic carbocycles. The molecule has 1 N–H and O–H groups in total. The molecule has 2 heterocycles. The highest BCUT2D eigenvalue weighted by Crippen LogP contribution is 2.64. The first-order chi connectivity index (χ1) is 21.2. The second-order valence-corrected chi connectivity index (χ2v) is 12.5. The van der Waals surface area contributed by atoms with Crippen LogP contribution in [0.15, 0.2) is 84.4 Å². The fourth-order valence-corrected chi connectivity index (χ4v) is 8.21. The molecule has 4 amide bonds. The third kappa shape index (κ3) is 3.82. The number of aryl methyl sites for hydroxylation is 1. The Kier molecular flexibility index (Phi) is 6.50. The molecule has 6 atom stereocenters. The number of allylic oxidation sites excluding steroid dienone is 2. The predicted octanol–water partition coefficient (Wildman–Crippen LogP) is 5.40. The number of carbonyl (C=O) groups is 4. The lowest BCUT2D eigenvalue weighted by Gasteiger charge is -2.49. The molecule has 0 bridgehead atoms. The zero-order valence-electron chi connectivity index (χ0n) is 24.9. The first-order valence-corrected chi connectivity index (χ1v) is 15.2. The van der Waals surface area contributed by atoms with Gasteiger partial charge >= 0.3 is 0 Å². The fraction of sp³-hybridized carbons (Fsp3) is 0.333. The molecule has 1 saturated carbocycles. The number of nitrogens with zero attached hydrogens (tertiary/aromatic N) is 2. The first-order valence-electron chi connectivity index (χ1n) is 15.2. The van der Waals surface area contributed by atoms with Gasteiger partial charge in [-0.05, 0) is 68.0 Å². The second-order valence-electron chi connectivity index (χ2n) is 12.5. The van der Waals surface area contributed by atoms with Gasteiger partial charge in [0, 0.05) is 17.5 Å². The van der Waals surface area contributed by atoms with Crippen LogP contribution < -0.4 is 14.5 Å². The standard InChI is InChI=1S/C36H34N2O6/c1-4-20-10-12-22(13-11-20)37-32(40)26-17-16-24-27(30(26)34(37)42)19-28-33(41)38(21-8-6-5-7-9-21)35(43)36(28,2)31(24)25-15-14-23(44-3)18-29(25)39/h5-16,18,26-28,30-31,39H,4,17,19H2,1-3H3. The van der Waals surface area contributed by atoms with Crippen molar-refractivity contribution in [2.45, 2.75) is 39.0 Å². The van der Waals surface area contributed by atoms with E-state index >= 15 is 0 Å². The molecule has 44 heavy (non-hydrogen) atoms. The van der Waals surface area contributed by atoms with Crippen molar-refractivity contribution in [3.8, 4) is 11.5 Å². The van der Waals surface area contributed by atoms with Crippen molar-refractivity contribution in [3.05, 3.63) is 95.6 Å². The van der Waals surface area contributed by atoms with Gasteiger partial charge < -0.3 is 9.84 Å². The fourth-order valence-electron chi connectivity index (χ4n) is 8.21. The molecule has 2 saturated heterocycles. The molecular formula is C36H34N2O6. The molecule has 8 heteroatoms. The van der Waals surface area contributed by atoms with Gasteiger partial charge in [-0.15, -0.1) is 0 Å². The number of fused-ring (bicyclic) bond motifs is 4. The largest absolute Gasteiger partial charge is 0.508 e. The molecule has 4 aliphatic rings. The number of aromatic hydroxyl groups is 1. The topological polar surface area (TPSA) is 104 Å². The summed E-state index contributed by atoms with van der Waals surface area (Å²) in [5.41, 5.74) is 2.23.